The van der Waals surface area contributed by atoms with E-state index in [1.165, 1.54) is 6.92 Å². The molecule has 0 aliphatic carbocycles. The topological polar surface area (TPSA) is 58.2 Å². The van der Waals surface area contributed by atoms with Gasteiger partial charge in [-0.3, -0.25) is 9.59 Å². The maximum atomic E-state index is 12.0. The molecule has 2 N–H and O–H groups in total. The van der Waals surface area contributed by atoms with Crippen LogP contribution in [0, 0.1) is 6.92 Å². The summed E-state index contributed by atoms with van der Waals surface area (Å²) < 4.78 is 0.916. The van der Waals surface area contributed by atoms with Gasteiger partial charge in [-0.05, 0) is 59.6 Å². The molecule has 0 aliphatic heterocycles. The summed E-state index contributed by atoms with van der Waals surface area (Å²) >= 11 is 3.46. The molecule has 0 spiro atoms. The van der Waals surface area contributed by atoms with Crippen molar-refractivity contribution in [3.05, 3.63) is 58.1 Å². The molecule has 0 fully saturated rings. The van der Waals surface area contributed by atoms with E-state index in [4.69, 9.17) is 0 Å². The molecular weight excluding hydrogens is 344 g/mol. The maximum Gasteiger partial charge on any atom is 0.243 e. The van der Waals surface area contributed by atoms with Crippen molar-refractivity contribution in [3.8, 4) is 0 Å². The van der Waals surface area contributed by atoms with Gasteiger partial charge in [-0.15, -0.1) is 0 Å². The zero-order valence-corrected chi connectivity index (χ0v) is 14.0. The number of amides is 1. The molecule has 0 saturated heterocycles. The number of rotatable bonds is 5. The number of carbonyl (C=O) groups excluding carboxylic acids is 2. The zero-order chi connectivity index (χ0) is 16.1. The molecule has 1 amide bonds. The lowest BCUT2D eigenvalue weighted by molar-refractivity contribution is -0.114. The van der Waals surface area contributed by atoms with Gasteiger partial charge in [-0.1, -0.05) is 18.2 Å². The van der Waals surface area contributed by atoms with E-state index in [-0.39, 0.29) is 18.2 Å². The summed E-state index contributed by atoms with van der Waals surface area (Å²) in [4.78, 5) is 23.3. The van der Waals surface area contributed by atoms with E-state index >= 15 is 0 Å². The molecule has 0 radical (unpaired) electrons. The van der Waals surface area contributed by atoms with E-state index in [0.29, 0.717) is 11.3 Å². The molecule has 0 atom stereocenters. The molecule has 0 bridgehead atoms. The lowest BCUT2D eigenvalue weighted by Gasteiger charge is -2.10. The highest BCUT2D eigenvalue weighted by Crippen LogP contribution is 2.23. The molecule has 22 heavy (non-hydrogen) atoms. The fourth-order valence-electron chi connectivity index (χ4n) is 1.96. The average Bonchev–Trinajstić information content (AvgIpc) is 2.46. The minimum Gasteiger partial charge on any atom is -0.375 e. The summed E-state index contributed by atoms with van der Waals surface area (Å²) in [5, 5.41) is 5.84. The van der Waals surface area contributed by atoms with Gasteiger partial charge < -0.3 is 10.6 Å². The first-order valence-electron chi connectivity index (χ1n) is 6.86. The average molecular weight is 361 g/mol. The maximum absolute atomic E-state index is 12.0. The van der Waals surface area contributed by atoms with Gasteiger partial charge in [0.1, 0.15) is 0 Å². The number of aryl methyl sites for hydroxylation is 1. The van der Waals surface area contributed by atoms with Crippen LogP contribution in [0.15, 0.2) is 46.9 Å². The zero-order valence-electron chi connectivity index (χ0n) is 12.4. The first-order chi connectivity index (χ1) is 10.5. The Labute approximate surface area is 138 Å². The van der Waals surface area contributed by atoms with E-state index in [9.17, 15) is 9.59 Å². The number of ketones is 1. The number of Topliss-reactive ketones (excluding diaryl/α,β-unsaturated/α-hetero) is 1. The van der Waals surface area contributed by atoms with E-state index in [1.807, 2.05) is 25.1 Å². The van der Waals surface area contributed by atoms with Crippen molar-refractivity contribution in [3.63, 3.8) is 0 Å². The van der Waals surface area contributed by atoms with Crippen molar-refractivity contribution in [1.82, 2.24) is 0 Å². The number of hydrogen-bond acceptors (Lipinski definition) is 3. The number of hydrogen-bond donors (Lipinski definition) is 2. The molecule has 0 unspecified atom stereocenters. The van der Waals surface area contributed by atoms with Crippen molar-refractivity contribution in [2.24, 2.45) is 0 Å². The van der Waals surface area contributed by atoms with E-state index in [0.717, 1.165) is 15.7 Å². The molecule has 0 heterocycles. The smallest absolute Gasteiger partial charge is 0.243 e. The Kier molecular flexibility index (Phi) is 5.33. The van der Waals surface area contributed by atoms with Gasteiger partial charge in [0.05, 0.1) is 6.54 Å². The van der Waals surface area contributed by atoms with E-state index in [2.05, 4.69) is 26.6 Å². The second kappa shape index (κ2) is 7.22. The standard InChI is InChI=1S/C17H17BrN2O2/c1-11-6-7-16(15(18)8-11)19-10-17(22)20-14-5-3-4-13(9-14)12(2)21/h3-9,19H,10H2,1-2H3,(H,20,22). The highest BCUT2D eigenvalue weighted by atomic mass is 79.9. The van der Waals surface area contributed by atoms with Gasteiger partial charge in [0.2, 0.25) is 5.91 Å². The summed E-state index contributed by atoms with van der Waals surface area (Å²) in [6.07, 6.45) is 0. The van der Waals surface area contributed by atoms with Gasteiger partial charge in [-0.2, -0.15) is 0 Å². The fraction of sp³-hybridized carbons (Fsp3) is 0.176. The molecule has 114 valence electrons. The third-order valence-electron chi connectivity index (χ3n) is 3.12. The number of carbonyl (C=O) groups is 2. The van der Waals surface area contributed by atoms with Crippen LogP contribution >= 0.6 is 15.9 Å². The minimum absolute atomic E-state index is 0.0298. The molecule has 0 aromatic heterocycles. The van der Waals surface area contributed by atoms with Crippen LogP contribution in [-0.4, -0.2) is 18.2 Å². The van der Waals surface area contributed by atoms with Crippen molar-refractivity contribution < 1.29 is 9.59 Å². The molecule has 2 aromatic carbocycles. The van der Waals surface area contributed by atoms with E-state index < -0.39 is 0 Å². The fourth-order valence-corrected chi connectivity index (χ4v) is 2.59. The van der Waals surface area contributed by atoms with Gasteiger partial charge >= 0.3 is 0 Å². The highest BCUT2D eigenvalue weighted by molar-refractivity contribution is 9.10. The third-order valence-corrected chi connectivity index (χ3v) is 3.77. The molecule has 4 nitrogen and oxygen atoms in total. The van der Waals surface area contributed by atoms with Crippen LogP contribution < -0.4 is 10.6 Å². The number of halogens is 1. The molecule has 2 rings (SSSR count). The summed E-state index contributed by atoms with van der Waals surface area (Å²) in [6, 6.07) is 12.8. The van der Waals surface area contributed by atoms with Crippen LogP contribution in [0.4, 0.5) is 11.4 Å². The third kappa shape index (κ3) is 4.43. The van der Waals surface area contributed by atoms with Crippen LogP contribution in [-0.2, 0) is 4.79 Å². The molecule has 0 saturated carbocycles. The SMILES string of the molecule is CC(=O)c1cccc(NC(=O)CNc2ccc(C)cc2Br)c1. The normalized spacial score (nSPS) is 10.1. The highest BCUT2D eigenvalue weighted by Gasteiger charge is 2.06. The molecule has 0 aliphatic rings. The van der Waals surface area contributed by atoms with Gasteiger partial charge in [0.15, 0.2) is 5.78 Å². The molecular formula is C17H17BrN2O2. The Bertz CT molecular complexity index is 714. The second-order valence-corrected chi connectivity index (χ2v) is 5.88. The van der Waals surface area contributed by atoms with Crippen LogP contribution in [0.25, 0.3) is 0 Å². The van der Waals surface area contributed by atoms with Gasteiger partial charge in [0.25, 0.3) is 0 Å². The Balaban J connectivity index is 1.95. The minimum atomic E-state index is -0.173. The quantitative estimate of drug-likeness (QED) is 0.792. The largest absolute Gasteiger partial charge is 0.375 e. The lowest BCUT2D eigenvalue weighted by Crippen LogP contribution is -2.22. The Morgan fingerprint density at radius 3 is 2.59 bits per heavy atom. The van der Waals surface area contributed by atoms with Crippen molar-refractivity contribution >= 4 is 39.0 Å². The molecule has 2 aromatic rings. The number of nitrogens with one attached hydrogen (secondary N) is 2. The van der Waals surface area contributed by atoms with Crippen LogP contribution in [0.1, 0.15) is 22.8 Å². The van der Waals surface area contributed by atoms with Crippen LogP contribution in [0.2, 0.25) is 0 Å². The Hall–Kier alpha value is -2.14. The monoisotopic (exact) mass is 360 g/mol. The van der Waals surface area contributed by atoms with Crippen LogP contribution in [0.3, 0.4) is 0 Å². The lowest BCUT2D eigenvalue weighted by atomic mass is 10.1. The second-order valence-electron chi connectivity index (χ2n) is 5.02. The van der Waals surface area contributed by atoms with Gasteiger partial charge in [-0.25, -0.2) is 0 Å². The predicted molar refractivity (Wildman–Crippen MR) is 92.4 cm³/mol. The Morgan fingerprint density at radius 1 is 1.14 bits per heavy atom. The first-order valence-corrected chi connectivity index (χ1v) is 7.66. The summed E-state index contributed by atoms with van der Waals surface area (Å²) in [5.74, 6) is -0.203. The summed E-state index contributed by atoms with van der Waals surface area (Å²) in [5.41, 5.74) is 3.19. The van der Waals surface area contributed by atoms with Crippen molar-refractivity contribution in [2.45, 2.75) is 13.8 Å². The van der Waals surface area contributed by atoms with Crippen LogP contribution in [0.5, 0.6) is 0 Å². The van der Waals surface area contributed by atoms with E-state index in [1.54, 1.807) is 24.3 Å². The Morgan fingerprint density at radius 2 is 1.91 bits per heavy atom. The summed E-state index contributed by atoms with van der Waals surface area (Å²) in [7, 11) is 0. The van der Waals surface area contributed by atoms with Gasteiger partial charge in [0, 0.05) is 21.4 Å². The number of benzene rings is 2. The number of anilines is 2. The molecule has 5 heteroatoms. The first kappa shape index (κ1) is 16.2. The van der Waals surface area contributed by atoms with Crippen molar-refractivity contribution in [1.29, 1.82) is 0 Å². The predicted octanol–water partition coefficient (Wildman–Crippen LogP) is 4.01. The van der Waals surface area contributed by atoms with Crippen molar-refractivity contribution in [2.75, 3.05) is 17.2 Å². The summed E-state index contributed by atoms with van der Waals surface area (Å²) in [6.45, 7) is 3.65.